The second-order valence-electron chi connectivity index (χ2n) is 4.13. The zero-order valence-corrected chi connectivity index (χ0v) is 10.5. The fraction of sp³-hybridized carbons (Fsp3) is 0.462. The Morgan fingerprint density at radius 2 is 2.33 bits per heavy atom. The highest BCUT2D eigenvalue weighted by Crippen LogP contribution is 2.17. The first-order valence-corrected chi connectivity index (χ1v) is 5.96. The van der Waals surface area contributed by atoms with Gasteiger partial charge in [-0.3, -0.25) is 4.79 Å². The van der Waals surface area contributed by atoms with Crippen LogP contribution >= 0.6 is 0 Å². The Morgan fingerprint density at radius 3 is 3.00 bits per heavy atom. The summed E-state index contributed by atoms with van der Waals surface area (Å²) in [6, 6.07) is 6.89. The Hall–Kier alpha value is -1.62. The van der Waals surface area contributed by atoms with Gasteiger partial charge in [0.25, 0.3) is 0 Å². The number of rotatable bonds is 7. The maximum Gasteiger partial charge on any atom is 0.224 e. The van der Waals surface area contributed by atoms with Crippen molar-refractivity contribution in [1.29, 1.82) is 0 Å². The van der Waals surface area contributed by atoms with Gasteiger partial charge >= 0.3 is 0 Å². The summed E-state index contributed by atoms with van der Waals surface area (Å²) in [5.74, 6) is 0.451. The molecule has 0 aliphatic heterocycles. The van der Waals surface area contributed by atoms with Crippen LogP contribution in [0.4, 0.5) is 10.1 Å². The van der Waals surface area contributed by atoms with Crippen molar-refractivity contribution in [2.75, 3.05) is 18.6 Å². The van der Waals surface area contributed by atoms with Gasteiger partial charge in [0, 0.05) is 24.2 Å². The number of halogens is 1. The van der Waals surface area contributed by atoms with Crippen molar-refractivity contribution >= 4 is 11.6 Å². The van der Waals surface area contributed by atoms with Crippen LogP contribution in [-0.4, -0.2) is 25.2 Å². The number of nitrogens with two attached hydrogens (primary N) is 1. The highest BCUT2D eigenvalue weighted by Gasteiger charge is 2.05. The number of carbonyl (C=O) groups excluding carboxylic acids is 1. The molecule has 0 saturated carbocycles. The van der Waals surface area contributed by atoms with E-state index in [0.29, 0.717) is 24.3 Å². The molecule has 1 unspecified atom stereocenters. The molecule has 1 atom stereocenters. The molecular formula is C13H19FN2O2. The van der Waals surface area contributed by atoms with Crippen LogP contribution in [0.1, 0.15) is 19.8 Å². The Kier molecular flexibility index (Phi) is 6.14. The zero-order valence-electron chi connectivity index (χ0n) is 10.5. The molecule has 100 valence electrons. The van der Waals surface area contributed by atoms with Crippen LogP contribution < -0.4 is 15.8 Å². The molecule has 1 aromatic carbocycles. The zero-order chi connectivity index (χ0) is 13.4. The summed E-state index contributed by atoms with van der Waals surface area (Å²) >= 11 is 0. The van der Waals surface area contributed by atoms with Crippen molar-refractivity contribution < 1.29 is 13.9 Å². The number of carbonyl (C=O) groups is 1. The Balaban J connectivity index is 2.48. The van der Waals surface area contributed by atoms with Gasteiger partial charge in [0.15, 0.2) is 0 Å². The maximum absolute atomic E-state index is 12.0. The van der Waals surface area contributed by atoms with Gasteiger partial charge in [-0.2, -0.15) is 0 Å². The van der Waals surface area contributed by atoms with Crippen LogP contribution in [0.5, 0.6) is 5.75 Å². The minimum atomic E-state index is -0.537. The lowest BCUT2D eigenvalue weighted by Crippen LogP contribution is -2.19. The minimum Gasteiger partial charge on any atom is -0.491 e. The molecule has 5 heteroatoms. The van der Waals surface area contributed by atoms with Crippen LogP contribution in [0.2, 0.25) is 0 Å². The number of hydrogen-bond donors (Lipinski definition) is 2. The third-order valence-electron chi connectivity index (χ3n) is 2.29. The molecule has 0 radical (unpaired) electrons. The molecule has 1 rings (SSSR count). The first-order chi connectivity index (χ1) is 8.61. The highest BCUT2D eigenvalue weighted by molar-refractivity contribution is 5.90. The number of benzene rings is 1. The van der Waals surface area contributed by atoms with E-state index in [2.05, 4.69) is 5.32 Å². The van der Waals surface area contributed by atoms with E-state index in [1.54, 1.807) is 24.3 Å². The van der Waals surface area contributed by atoms with Gasteiger partial charge in [-0.05, 0) is 25.5 Å². The van der Waals surface area contributed by atoms with Crippen molar-refractivity contribution in [3.8, 4) is 5.75 Å². The normalized spacial score (nSPS) is 11.9. The molecule has 4 nitrogen and oxygen atoms in total. The number of alkyl halides is 1. The van der Waals surface area contributed by atoms with E-state index in [1.807, 2.05) is 6.92 Å². The lowest BCUT2D eigenvalue weighted by molar-refractivity contribution is -0.116. The number of hydrogen-bond acceptors (Lipinski definition) is 3. The number of ether oxygens (including phenoxy) is 1. The van der Waals surface area contributed by atoms with E-state index in [1.165, 1.54) is 0 Å². The van der Waals surface area contributed by atoms with Gasteiger partial charge in [-0.15, -0.1) is 0 Å². The number of nitrogens with one attached hydrogen (secondary N) is 1. The van der Waals surface area contributed by atoms with Gasteiger partial charge in [0.05, 0.1) is 0 Å². The third-order valence-corrected chi connectivity index (χ3v) is 2.29. The SMILES string of the molecule is CC(N)CCC(=O)Nc1cccc(OCCF)c1. The number of anilines is 1. The summed E-state index contributed by atoms with van der Waals surface area (Å²) in [5, 5.41) is 2.75. The fourth-order valence-corrected chi connectivity index (χ4v) is 1.40. The molecule has 0 saturated heterocycles. The lowest BCUT2D eigenvalue weighted by atomic mass is 10.2. The number of amides is 1. The summed E-state index contributed by atoms with van der Waals surface area (Å²) in [7, 11) is 0. The third kappa shape index (κ3) is 5.63. The van der Waals surface area contributed by atoms with Crippen molar-refractivity contribution in [3.63, 3.8) is 0 Å². The molecule has 0 aromatic heterocycles. The maximum atomic E-state index is 12.0. The molecule has 1 amide bonds. The van der Waals surface area contributed by atoms with Crippen molar-refractivity contribution in [2.45, 2.75) is 25.8 Å². The van der Waals surface area contributed by atoms with E-state index >= 15 is 0 Å². The molecule has 1 aromatic rings. The van der Waals surface area contributed by atoms with Crippen molar-refractivity contribution in [1.82, 2.24) is 0 Å². The highest BCUT2D eigenvalue weighted by atomic mass is 19.1. The quantitative estimate of drug-likeness (QED) is 0.783. The lowest BCUT2D eigenvalue weighted by Gasteiger charge is -2.09. The molecule has 0 heterocycles. The van der Waals surface area contributed by atoms with Crippen LogP contribution in [-0.2, 0) is 4.79 Å². The molecule has 0 spiro atoms. The van der Waals surface area contributed by atoms with E-state index in [-0.39, 0.29) is 18.6 Å². The molecule has 0 aliphatic carbocycles. The standard InChI is InChI=1S/C13H19FN2O2/c1-10(15)5-6-13(17)16-11-3-2-4-12(9-11)18-8-7-14/h2-4,9-10H,5-8,15H2,1H3,(H,16,17). The average molecular weight is 254 g/mol. The molecular weight excluding hydrogens is 235 g/mol. The fourth-order valence-electron chi connectivity index (χ4n) is 1.40. The minimum absolute atomic E-state index is 0.00923. The van der Waals surface area contributed by atoms with Crippen LogP contribution in [0.15, 0.2) is 24.3 Å². The predicted octanol–water partition coefficient (Wildman–Crippen LogP) is 2.10. The Labute approximate surface area is 106 Å². The summed E-state index contributed by atoms with van der Waals surface area (Å²) in [5.41, 5.74) is 6.22. The Morgan fingerprint density at radius 1 is 1.56 bits per heavy atom. The first-order valence-electron chi connectivity index (χ1n) is 5.96. The van der Waals surface area contributed by atoms with Crippen molar-refractivity contribution in [2.24, 2.45) is 5.73 Å². The van der Waals surface area contributed by atoms with E-state index in [0.717, 1.165) is 0 Å². The summed E-state index contributed by atoms with van der Waals surface area (Å²) in [4.78, 5) is 11.6. The van der Waals surface area contributed by atoms with Gasteiger partial charge in [0.1, 0.15) is 19.0 Å². The Bertz CT molecular complexity index is 383. The van der Waals surface area contributed by atoms with Crippen LogP contribution in [0.3, 0.4) is 0 Å². The predicted molar refractivity (Wildman–Crippen MR) is 69.4 cm³/mol. The van der Waals surface area contributed by atoms with Gasteiger partial charge in [-0.25, -0.2) is 4.39 Å². The van der Waals surface area contributed by atoms with Crippen LogP contribution in [0, 0.1) is 0 Å². The topological polar surface area (TPSA) is 64.4 Å². The smallest absolute Gasteiger partial charge is 0.224 e. The van der Waals surface area contributed by atoms with E-state index in [9.17, 15) is 9.18 Å². The monoisotopic (exact) mass is 254 g/mol. The molecule has 0 fully saturated rings. The van der Waals surface area contributed by atoms with E-state index < -0.39 is 6.67 Å². The van der Waals surface area contributed by atoms with Gasteiger partial charge in [-0.1, -0.05) is 6.07 Å². The first kappa shape index (κ1) is 14.4. The molecule has 0 bridgehead atoms. The second kappa shape index (κ2) is 7.66. The van der Waals surface area contributed by atoms with Crippen LogP contribution in [0.25, 0.3) is 0 Å². The summed E-state index contributed by atoms with van der Waals surface area (Å²) in [6.07, 6.45) is 1.02. The average Bonchev–Trinajstić information content (AvgIpc) is 2.34. The molecule has 3 N–H and O–H groups in total. The van der Waals surface area contributed by atoms with Crippen molar-refractivity contribution in [3.05, 3.63) is 24.3 Å². The van der Waals surface area contributed by atoms with Gasteiger partial charge in [0.2, 0.25) is 5.91 Å². The second-order valence-corrected chi connectivity index (χ2v) is 4.13. The van der Waals surface area contributed by atoms with Gasteiger partial charge < -0.3 is 15.8 Å². The molecule has 0 aliphatic rings. The molecule has 18 heavy (non-hydrogen) atoms. The summed E-state index contributed by atoms with van der Waals surface area (Å²) < 4.78 is 17.1. The summed E-state index contributed by atoms with van der Waals surface area (Å²) in [6.45, 7) is 1.34. The largest absolute Gasteiger partial charge is 0.491 e. The van der Waals surface area contributed by atoms with E-state index in [4.69, 9.17) is 10.5 Å².